The number of carbonyl (C=O) groups is 3. The molecule has 0 spiro atoms. The maximum absolute atomic E-state index is 10.8. The quantitative estimate of drug-likeness (QED) is 0.233. The molecule has 1 saturated heterocycles. The van der Waals surface area contributed by atoms with Gasteiger partial charge in [0.05, 0.1) is 0 Å². The Labute approximate surface area is 66.7 Å². The van der Waals surface area contributed by atoms with Crippen molar-refractivity contribution in [3.05, 3.63) is 0 Å². The number of nitriles is 1. The van der Waals surface area contributed by atoms with Gasteiger partial charge in [-0.2, -0.15) is 5.26 Å². The molecule has 62 valence electrons. The molecule has 0 aromatic carbocycles. The molecule has 1 rings (SSSR count). The number of hydrogen-bond acceptors (Lipinski definition) is 5. The summed E-state index contributed by atoms with van der Waals surface area (Å²) in [7, 11) is 0. The van der Waals surface area contributed by atoms with Crippen LogP contribution in [0.15, 0.2) is 0 Å². The highest BCUT2D eigenvalue weighted by Crippen LogP contribution is 1.89. The summed E-state index contributed by atoms with van der Waals surface area (Å²) in [5.74, 6) is -1.66. The molecule has 0 aliphatic carbocycles. The zero-order chi connectivity index (χ0) is 9.14. The van der Waals surface area contributed by atoms with Crippen molar-refractivity contribution in [2.24, 2.45) is 0 Å². The lowest BCUT2D eigenvalue weighted by Crippen LogP contribution is -2.62. The van der Waals surface area contributed by atoms with Gasteiger partial charge in [-0.3, -0.25) is 20.2 Å². The molecule has 0 aromatic heterocycles. The van der Waals surface area contributed by atoms with E-state index in [1.165, 1.54) is 6.19 Å². The summed E-state index contributed by atoms with van der Waals surface area (Å²) in [5.41, 5.74) is 0. The van der Waals surface area contributed by atoms with Gasteiger partial charge in [0.25, 0.3) is 11.8 Å². The number of urea groups is 1. The maximum atomic E-state index is 10.8. The first kappa shape index (κ1) is 8.00. The Morgan fingerprint density at radius 2 is 1.75 bits per heavy atom. The molecular formula is C5H4N4O3. The number of rotatable bonds is 1. The zero-order valence-corrected chi connectivity index (χ0v) is 5.75. The second-order valence-corrected chi connectivity index (χ2v) is 2.00. The van der Waals surface area contributed by atoms with Crippen molar-refractivity contribution in [2.45, 2.75) is 6.04 Å². The number of hydrogen-bond donors (Lipinski definition) is 3. The minimum absolute atomic E-state index is 0.828. The van der Waals surface area contributed by atoms with Crippen molar-refractivity contribution < 1.29 is 14.4 Å². The van der Waals surface area contributed by atoms with E-state index in [0.717, 1.165) is 0 Å². The Bertz CT molecular complexity index is 272. The van der Waals surface area contributed by atoms with Crippen LogP contribution in [0, 0.1) is 11.5 Å². The average Bonchev–Trinajstić information content (AvgIpc) is 1.96. The molecule has 0 aromatic rings. The van der Waals surface area contributed by atoms with E-state index < -0.39 is 23.9 Å². The van der Waals surface area contributed by atoms with Crippen LogP contribution < -0.4 is 16.0 Å². The molecule has 1 aliphatic rings. The fourth-order valence-corrected chi connectivity index (χ4v) is 0.714. The molecule has 4 amide bonds. The van der Waals surface area contributed by atoms with Crippen molar-refractivity contribution in [1.82, 2.24) is 16.0 Å². The Morgan fingerprint density at radius 1 is 1.25 bits per heavy atom. The highest BCUT2D eigenvalue weighted by atomic mass is 16.2. The Balaban J connectivity index is 2.75. The average molecular weight is 168 g/mol. The van der Waals surface area contributed by atoms with E-state index in [9.17, 15) is 14.4 Å². The van der Waals surface area contributed by atoms with Gasteiger partial charge in [0.1, 0.15) is 0 Å². The van der Waals surface area contributed by atoms with Gasteiger partial charge in [-0.05, 0) is 0 Å². The van der Waals surface area contributed by atoms with Crippen LogP contribution in [0.4, 0.5) is 4.79 Å². The number of barbiturate groups is 1. The number of imide groups is 2. The van der Waals surface area contributed by atoms with Gasteiger partial charge < -0.3 is 5.32 Å². The lowest BCUT2D eigenvalue weighted by Gasteiger charge is -2.18. The van der Waals surface area contributed by atoms with Crippen LogP contribution in [0.2, 0.25) is 0 Å². The standard InChI is InChI=1S/C5H4N4O3/c6-1-7-2-3(10)8-5(12)9-4(2)11/h2,7H,(H2,8,9,10,11,12). The number of amides is 4. The highest BCUT2D eigenvalue weighted by molar-refractivity contribution is 6.18. The van der Waals surface area contributed by atoms with Crippen LogP contribution in [0.25, 0.3) is 0 Å². The molecule has 7 heteroatoms. The van der Waals surface area contributed by atoms with E-state index in [4.69, 9.17) is 5.26 Å². The summed E-state index contributed by atoms with van der Waals surface area (Å²) in [6, 6.07) is -2.19. The van der Waals surface area contributed by atoms with Crippen LogP contribution in [-0.2, 0) is 9.59 Å². The molecule has 7 nitrogen and oxygen atoms in total. The monoisotopic (exact) mass is 168 g/mol. The molecule has 1 fully saturated rings. The molecule has 12 heavy (non-hydrogen) atoms. The fraction of sp³-hybridized carbons (Fsp3) is 0.200. The van der Waals surface area contributed by atoms with Gasteiger partial charge in [0, 0.05) is 0 Å². The summed E-state index contributed by atoms with van der Waals surface area (Å²) in [5, 5.41) is 13.7. The molecule has 0 saturated carbocycles. The maximum Gasteiger partial charge on any atom is 0.328 e. The number of carbonyl (C=O) groups excluding carboxylic acids is 3. The van der Waals surface area contributed by atoms with E-state index in [2.05, 4.69) is 0 Å². The van der Waals surface area contributed by atoms with Gasteiger partial charge >= 0.3 is 6.03 Å². The van der Waals surface area contributed by atoms with Crippen LogP contribution >= 0.6 is 0 Å². The predicted molar refractivity (Wildman–Crippen MR) is 34.2 cm³/mol. The van der Waals surface area contributed by atoms with Crippen molar-refractivity contribution in [2.75, 3.05) is 0 Å². The van der Waals surface area contributed by atoms with Gasteiger partial charge in [0.2, 0.25) is 0 Å². The molecule has 1 heterocycles. The Kier molecular flexibility index (Phi) is 1.92. The molecule has 0 bridgehead atoms. The number of nitrogens with zero attached hydrogens (tertiary/aromatic N) is 1. The van der Waals surface area contributed by atoms with Gasteiger partial charge in [-0.25, -0.2) is 4.79 Å². The summed E-state index contributed by atoms with van der Waals surface area (Å²) >= 11 is 0. The first-order valence-electron chi connectivity index (χ1n) is 2.95. The van der Waals surface area contributed by atoms with E-state index in [1.807, 2.05) is 16.0 Å². The normalized spacial score (nSPS) is 17.8. The molecular weight excluding hydrogens is 164 g/mol. The Morgan fingerprint density at radius 3 is 2.17 bits per heavy atom. The van der Waals surface area contributed by atoms with E-state index >= 15 is 0 Å². The summed E-state index contributed by atoms with van der Waals surface area (Å²) in [4.78, 5) is 32.1. The minimum atomic E-state index is -1.31. The van der Waals surface area contributed by atoms with Gasteiger partial charge in [-0.1, -0.05) is 0 Å². The van der Waals surface area contributed by atoms with E-state index in [-0.39, 0.29) is 0 Å². The lowest BCUT2D eigenvalue weighted by molar-refractivity contribution is -0.132. The zero-order valence-electron chi connectivity index (χ0n) is 5.75. The molecule has 0 atom stereocenters. The van der Waals surface area contributed by atoms with E-state index in [1.54, 1.807) is 0 Å². The van der Waals surface area contributed by atoms with Crippen molar-refractivity contribution in [1.29, 1.82) is 5.26 Å². The topological polar surface area (TPSA) is 111 Å². The summed E-state index contributed by atoms with van der Waals surface area (Å²) < 4.78 is 0. The predicted octanol–water partition coefficient (Wildman–Crippen LogP) is -2.21. The third-order valence-electron chi connectivity index (χ3n) is 1.21. The first-order chi connectivity index (χ1) is 5.65. The summed E-state index contributed by atoms with van der Waals surface area (Å²) in [6.07, 6.45) is 1.43. The van der Waals surface area contributed by atoms with E-state index in [0.29, 0.717) is 0 Å². The van der Waals surface area contributed by atoms with Crippen LogP contribution in [-0.4, -0.2) is 23.9 Å². The van der Waals surface area contributed by atoms with Crippen LogP contribution in [0.3, 0.4) is 0 Å². The summed E-state index contributed by atoms with van der Waals surface area (Å²) in [6.45, 7) is 0. The van der Waals surface area contributed by atoms with Gasteiger partial charge in [-0.15, -0.1) is 0 Å². The van der Waals surface area contributed by atoms with Crippen molar-refractivity contribution in [3.8, 4) is 6.19 Å². The second-order valence-electron chi connectivity index (χ2n) is 2.00. The Hall–Kier alpha value is -2.10. The minimum Gasteiger partial charge on any atom is -0.303 e. The van der Waals surface area contributed by atoms with Crippen molar-refractivity contribution >= 4 is 17.8 Å². The third kappa shape index (κ3) is 1.32. The smallest absolute Gasteiger partial charge is 0.303 e. The largest absolute Gasteiger partial charge is 0.328 e. The molecule has 0 radical (unpaired) electrons. The number of nitrogens with one attached hydrogen (secondary N) is 3. The second kappa shape index (κ2) is 2.87. The lowest BCUT2D eigenvalue weighted by atomic mass is 10.2. The fourth-order valence-electron chi connectivity index (χ4n) is 0.714. The van der Waals surface area contributed by atoms with Gasteiger partial charge in [0.15, 0.2) is 12.2 Å². The third-order valence-corrected chi connectivity index (χ3v) is 1.21. The SMILES string of the molecule is N#CNC1C(=O)NC(=O)NC1=O. The molecule has 1 aliphatic heterocycles. The van der Waals surface area contributed by atoms with Crippen LogP contribution in [0.1, 0.15) is 0 Å². The first-order valence-corrected chi connectivity index (χ1v) is 2.95. The molecule has 3 N–H and O–H groups in total. The highest BCUT2D eigenvalue weighted by Gasteiger charge is 2.33. The van der Waals surface area contributed by atoms with Crippen molar-refractivity contribution in [3.63, 3.8) is 0 Å². The van der Waals surface area contributed by atoms with Crippen LogP contribution in [0.5, 0.6) is 0 Å². The molecule has 0 unspecified atom stereocenters.